The van der Waals surface area contributed by atoms with Gasteiger partial charge in [-0.05, 0) is 18.2 Å². The van der Waals surface area contributed by atoms with Crippen molar-refractivity contribution in [1.82, 2.24) is 15.1 Å². The van der Waals surface area contributed by atoms with Crippen molar-refractivity contribution >= 4 is 17.5 Å². The van der Waals surface area contributed by atoms with E-state index in [2.05, 4.69) is 10.4 Å². The highest BCUT2D eigenvalue weighted by molar-refractivity contribution is 6.33. The fourth-order valence-corrected chi connectivity index (χ4v) is 1.88. The summed E-state index contributed by atoms with van der Waals surface area (Å²) in [5.74, 6) is -1.32. The Labute approximate surface area is 119 Å². The van der Waals surface area contributed by atoms with Gasteiger partial charge in [-0.15, -0.1) is 0 Å². The van der Waals surface area contributed by atoms with Gasteiger partial charge in [0, 0.05) is 18.8 Å². The summed E-state index contributed by atoms with van der Waals surface area (Å²) in [7, 11) is 0. The van der Waals surface area contributed by atoms with Crippen LogP contribution in [0.25, 0.3) is 0 Å². The molecule has 0 unspecified atom stereocenters. The molecule has 0 atom stereocenters. The number of nitrogens with zero attached hydrogens (tertiary/aromatic N) is 2. The number of nitrogens with one attached hydrogen (secondary N) is 1. The van der Waals surface area contributed by atoms with E-state index in [1.54, 1.807) is 0 Å². The largest absolute Gasteiger partial charge is 0.350 e. The molecule has 0 aliphatic carbocycles. The Morgan fingerprint density at radius 1 is 1.35 bits per heavy atom. The van der Waals surface area contributed by atoms with Gasteiger partial charge in [-0.2, -0.15) is 5.10 Å². The lowest BCUT2D eigenvalue weighted by molar-refractivity contribution is 0.0948. The third kappa shape index (κ3) is 3.21. The molecule has 1 amide bonds. The van der Waals surface area contributed by atoms with Crippen molar-refractivity contribution in [3.05, 3.63) is 63.3 Å². The summed E-state index contributed by atoms with van der Waals surface area (Å²) in [5.41, 5.74) is -0.479. The molecule has 7 heteroatoms. The molecular weight excluding hydrogens is 285 g/mol. The van der Waals surface area contributed by atoms with Gasteiger partial charge in [0.2, 0.25) is 0 Å². The van der Waals surface area contributed by atoms with Crippen LogP contribution in [0.15, 0.2) is 41.3 Å². The van der Waals surface area contributed by atoms with Crippen molar-refractivity contribution in [1.29, 1.82) is 0 Å². The molecule has 0 saturated heterocycles. The fraction of sp³-hybridized carbons (Fsp3) is 0.154. The van der Waals surface area contributed by atoms with Gasteiger partial charge in [-0.1, -0.05) is 17.7 Å². The van der Waals surface area contributed by atoms with E-state index < -0.39 is 11.7 Å². The second-order valence-electron chi connectivity index (χ2n) is 3.94. The van der Waals surface area contributed by atoms with E-state index in [9.17, 15) is 14.0 Å². The summed E-state index contributed by atoms with van der Waals surface area (Å²) in [5, 5.41) is 6.37. The first-order valence-electron chi connectivity index (χ1n) is 5.84. The molecule has 1 aromatic carbocycles. The Morgan fingerprint density at radius 2 is 2.15 bits per heavy atom. The van der Waals surface area contributed by atoms with Crippen LogP contribution in [-0.2, 0) is 6.54 Å². The monoisotopic (exact) mass is 295 g/mol. The zero-order valence-electron chi connectivity index (χ0n) is 10.3. The Balaban J connectivity index is 2.00. The number of aromatic nitrogens is 2. The summed E-state index contributed by atoms with van der Waals surface area (Å²) in [6.45, 7) is 0.331. The van der Waals surface area contributed by atoms with Gasteiger partial charge in [0.15, 0.2) is 0 Å². The quantitative estimate of drug-likeness (QED) is 0.929. The van der Waals surface area contributed by atoms with Crippen LogP contribution in [0.1, 0.15) is 10.4 Å². The maximum absolute atomic E-state index is 13.5. The normalized spacial score (nSPS) is 10.3. The predicted octanol–water partition coefficient (Wildman–Crippen LogP) is 1.47. The number of carbonyl (C=O) groups is 1. The molecule has 5 nitrogen and oxygen atoms in total. The zero-order chi connectivity index (χ0) is 14.5. The molecule has 0 bridgehead atoms. The molecule has 0 aliphatic rings. The minimum Gasteiger partial charge on any atom is -0.350 e. The van der Waals surface area contributed by atoms with Gasteiger partial charge in [0.1, 0.15) is 5.82 Å². The lowest BCUT2D eigenvalue weighted by Crippen LogP contribution is -2.32. The van der Waals surface area contributed by atoms with Gasteiger partial charge in [0.05, 0.1) is 17.1 Å². The first-order chi connectivity index (χ1) is 9.59. The van der Waals surface area contributed by atoms with Crippen LogP contribution >= 0.6 is 11.6 Å². The van der Waals surface area contributed by atoms with Crippen LogP contribution in [0.2, 0.25) is 5.02 Å². The van der Waals surface area contributed by atoms with E-state index in [4.69, 9.17) is 11.6 Å². The van der Waals surface area contributed by atoms with E-state index >= 15 is 0 Å². The molecule has 104 valence electrons. The summed E-state index contributed by atoms with van der Waals surface area (Å²) in [6, 6.07) is 6.90. The van der Waals surface area contributed by atoms with Crippen molar-refractivity contribution in [2.24, 2.45) is 0 Å². The molecule has 2 aromatic rings. The number of benzene rings is 1. The third-order valence-electron chi connectivity index (χ3n) is 2.58. The van der Waals surface area contributed by atoms with Crippen molar-refractivity contribution in [2.75, 3.05) is 6.54 Å². The molecule has 1 heterocycles. The number of amides is 1. The van der Waals surface area contributed by atoms with E-state index in [0.717, 1.165) is 6.07 Å². The van der Waals surface area contributed by atoms with Crippen LogP contribution in [0.5, 0.6) is 0 Å². The fourth-order valence-electron chi connectivity index (χ4n) is 1.63. The van der Waals surface area contributed by atoms with E-state index in [0.29, 0.717) is 0 Å². The Hall–Kier alpha value is -2.21. The minimum atomic E-state index is -0.690. The highest BCUT2D eigenvalue weighted by Crippen LogP contribution is 2.18. The molecule has 20 heavy (non-hydrogen) atoms. The zero-order valence-corrected chi connectivity index (χ0v) is 11.1. The first kappa shape index (κ1) is 14.2. The first-order valence-corrected chi connectivity index (χ1v) is 6.22. The Morgan fingerprint density at radius 3 is 2.85 bits per heavy atom. The predicted molar refractivity (Wildman–Crippen MR) is 72.2 cm³/mol. The highest BCUT2D eigenvalue weighted by atomic mass is 35.5. The topological polar surface area (TPSA) is 64.0 Å². The molecular formula is C13H11ClFN3O2. The molecule has 0 fully saturated rings. The molecule has 0 aliphatic heterocycles. The number of carbonyl (C=O) groups excluding carboxylic acids is 1. The van der Waals surface area contributed by atoms with E-state index in [-0.39, 0.29) is 29.2 Å². The maximum Gasteiger partial charge on any atom is 0.266 e. The van der Waals surface area contributed by atoms with Crippen LogP contribution in [0.4, 0.5) is 4.39 Å². The van der Waals surface area contributed by atoms with E-state index in [1.807, 2.05) is 0 Å². The molecule has 1 N–H and O–H groups in total. The lowest BCUT2D eigenvalue weighted by Gasteiger charge is -2.08. The van der Waals surface area contributed by atoms with Gasteiger partial charge in [-0.25, -0.2) is 9.07 Å². The maximum atomic E-state index is 13.5. The summed E-state index contributed by atoms with van der Waals surface area (Å²) < 4.78 is 14.7. The number of rotatable bonds is 4. The number of hydrogen-bond donors (Lipinski definition) is 1. The summed E-state index contributed by atoms with van der Waals surface area (Å²) in [4.78, 5) is 23.2. The van der Waals surface area contributed by atoms with Crippen LogP contribution in [-0.4, -0.2) is 22.2 Å². The van der Waals surface area contributed by atoms with Crippen LogP contribution < -0.4 is 10.9 Å². The second kappa shape index (κ2) is 6.29. The molecule has 0 spiro atoms. The van der Waals surface area contributed by atoms with E-state index in [1.165, 1.54) is 35.1 Å². The highest BCUT2D eigenvalue weighted by Gasteiger charge is 2.14. The van der Waals surface area contributed by atoms with Crippen LogP contribution in [0, 0.1) is 5.82 Å². The van der Waals surface area contributed by atoms with Crippen molar-refractivity contribution in [3.8, 4) is 0 Å². The van der Waals surface area contributed by atoms with Gasteiger partial charge in [-0.3, -0.25) is 9.59 Å². The van der Waals surface area contributed by atoms with Gasteiger partial charge in [0.25, 0.3) is 11.5 Å². The Kier molecular flexibility index (Phi) is 4.47. The molecule has 0 saturated carbocycles. The van der Waals surface area contributed by atoms with Crippen molar-refractivity contribution in [3.63, 3.8) is 0 Å². The number of halogens is 2. The standard InChI is InChI=1S/C13H11ClFN3O2/c14-9-3-1-4-10(15)12(9)13(20)16-7-8-18-11(19)5-2-6-17-18/h1-6H,7-8H2,(H,16,20). The average molecular weight is 296 g/mol. The minimum absolute atomic E-state index is 0.0394. The SMILES string of the molecule is O=C(NCCn1ncccc1=O)c1c(F)cccc1Cl. The van der Waals surface area contributed by atoms with Crippen molar-refractivity contribution < 1.29 is 9.18 Å². The summed E-state index contributed by atoms with van der Waals surface area (Å²) >= 11 is 5.78. The van der Waals surface area contributed by atoms with Gasteiger partial charge >= 0.3 is 0 Å². The Bertz CT molecular complexity index is 667. The molecule has 1 aromatic heterocycles. The van der Waals surface area contributed by atoms with Gasteiger partial charge < -0.3 is 5.32 Å². The second-order valence-corrected chi connectivity index (χ2v) is 4.34. The average Bonchev–Trinajstić information content (AvgIpc) is 2.41. The summed E-state index contributed by atoms with van der Waals surface area (Å²) in [6.07, 6.45) is 1.47. The lowest BCUT2D eigenvalue weighted by atomic mass is 10.2. The third-order valence-corrected chi connectivity index (χ3v) is 2.90. The molecule has 2 rings (SSSR count). The van der Waals surface area contributed by atoms with Crippen molar-refractivity contribution in [2.45, 2.75) is 6.54 Å². The number of hydrogen-bond acceptors (Lipinski definition) is 3. The van der Waals surface area contributed by atoms with Crippen LogP contribution in [0.3, 0.4) is 0 Å². The molecule has 0 radical (unpaired) electrons. The smallest absolute Gasteiger partial charge is 0.266 e.